The summed E-state index contributed by atoms with van der Waals surface area (Å²) in [6.45, 7) is 2.22. The lowest BCUT2D eigenvalue weighted by Crippen LogP contribution is -2.14. The summed E-state index contributed by atoms with van der Waals surface area (Å²) in [7, 11) is 0. The van der Waals surface area contributed by atoms with Crippen molar-refractivity contribution in [2.45, 2.75) is 6.92 Å². The third-order valence-corrected chi connectivity index (χ3v) is 2.62. The fourth-order valence-corrected chi connectivity index (χ4v) is 1.58. The first-order valence-electron chi connectivity index (χ1n) is 6.08. The summed E-state index contributed by atoms with van der Waals surface area (Å²) >= 11 is 0. The molecule has 0 fully saturated rings. The molecule has 2 aromatic rings. The van der Waals surface area contributed by atoms with Crippen LogP contribution in [0.3, 0.4) is 0 Å². The Hall–Kier alpha value is -2.71. The van der Waals surface area contributed by atoms with Gasteiger partial charge in [0.1, 0.15) is 0 Å². The second kappa shape index (κ2) is 6.45. The second-order valence-electron chi connectivity index (χ2n) is 4.06. The zero-order valence-electron chi connectivity index (χ0n) is 11.1. The van der Waals surface area contributed by atoms with Gasteiger partial charge in [0.2, 0.25) is 5.95 Å². The van der Waals surface area contributed by atoms with Crippen molar-refractivity contribution in [3.63, 3.8) is 0 Å². The molecule has 0 bridgehead atoms. The molecule has 3 N–H and O–H groups in total. The van der Waals surface area contributed by atoms with Gasteiger partial charge in [0.05, 0.1) is 6.54 Å². The lowest BCUT2D eigenvalue weighted by atomic mass is 10.0. The minimum Gasteiger partial charge on any atom is -0.320 e. The van der Waals surface area contributed by atoms with E-state index >= 15 is 0 Å². The topological polar surface area (TPSA) is 80.9 Å². The van der Waals surface area contributed by atoms with Crippen molar-refractivity contribution in [3.05, 3.63) is 53.3 Å². The molecular weight excluding hydrogens is 252 g/mol. The summed E-state index contributed by atoms with van der Waals surface area (Å²) < 4.78 is 0. The molecule has 0 aliphatic rings. The van der Waals surface area contributed by atoms with E-state index in [9.17, 15) is 4.79 Å². The van der Waals surface area contributed by atoms with Gasteiger partial charge in [-0.05, 0) is 30.7 Å². The molecule has 1 amide bonds. The third-order valence-electron chi connectivity index (χ3n) is 2.62. The smallest absolute Gasteiger partial charge is 0.258 e. The number of carbonyl (C=O) groups is 1. The number of anilines is 1. The van der Waals surface area contributed by atoms with Crippen LogP contribution in [-0.4, -0.2) is 22.4 Å². The van der Waals surface area contributed by atoms with Crippen LogP contribution in [0.5, 0.6) is 0 Å². The van der Waals surface area contributed by atoms with Gasteiger partial charge < -0.3 is 5.73 Å². The first-order valence-corrected chi connectivity index (χ1v) is 6.08. The van der Waals surface area contributed by atoms with E-state index in [2.05, 4.69) is 27.1 Å². The molecule has 0 saturated carbocycles. The number of carbonyl (C=O) groups excluding carboxylic acids is 1. The number of nitrogens with one attached hydrogen (secondary N) is 1. The summed E-state index contributed by atoms with van der Waals surface area (Å²) in [6, 6.07) is 7.00. The lowest BCUT2D eigenvalue weighted by molar-refractivity contribution is 0.102. The Kier molecular flexibility index (Phi) is 4.43. The van der Waals surface area contributed by atoms with Crippen LogP contribution in [-0.2, 0) is 0 Å². The monoisotopic (exact) mass is 266 g/mol. The molecule has 0 radical (unpaired) electrons. The SMILES string of the molecule is Cc1ccc(C(=O)Nc2ncccn2)cc1C#CCN. The Balaban J connectivity index is 2.22. The Morgan fingerprint density at radius 3 is 2.80 bits per heavy atom. The maximum Gasteiger partial charge on any atom is 0.258 e. The summed E-state index contributed by atoms with van der Waals surface area (Å²) in [5, 5.41) is 2.63. The largest absolute Gasteiger partial charge is 0.320 e. The predicted molar refractivity (Wildman–Crippen MR) is 77.1 cm³/mol. The van der Waals surface area contributed by atoms with Gasteiger partial charge in [0, 0.05) is 23.5 Å². The molecule has 5 nitrogen and oxygen atoms in total. The number of nitrogens with zero attached hydrogens (tertiary/aromatic N) is 2. The molecule has 100 valence electrons. The van der Waals surface area contributed by atoms with Gasteiger partial charge in [0.15, 0.2) is 0 Å². The van der Waals surface area contributed by atoms with E-state index in [4.69, 9.17) is 5.73 Å². The normalized spacial score (nSPS) is 9.50. The van der Waals surface area contributed by atoms with Crippen molar-refractivity contribution in [2.75, 3.05) is 11.9 Å². The number of hydrogen-bond acceptors (Lipinski definition) is 4. The highest BCUT2D eigenvalue weighted by atomic mass is 16.1. The number of rotatable bonds is 2. The average Bonchev–Trinajstić information content (AvgIpc) is 2.47. The van der Waals surface area contributed by atoms with Crippen molar-refractivity contribution in [3.8, 4) is 11.8 Å². The molecule has 0 unspecified atom stereocenters. The van der Waals surface area contributed by atoms with Gasteiger partial charge >= 0.3 is 0 Å². The number of hydrogen-bond donors (Lipinski definition) is 2. The van der Waals surface area contributed by atoms with E-state index in [1.54, 1.807) is 30.6 Å². The zero-order valence-corrected chi connectivity index (χ0v) is 11.1. The van der Waals surface area contributed by atoms with Gasteiger partial charge in [-0.3, -0.25) is 10.1 Å². The van der Waals surface area contributed by atoms with Gasteiger partial charge in [-0.25, -0.2) is 9.97 Å². The number of aromatic nitrogens is 2. The molecule has 0 aliphatic heterocycles. The van der Waals surface area contributed by atoms with Crippen molar-refractivity contribution in [1.29, 1.82) is 0 Å². The Bertz CT molecular complexity index is 671. The maximum atomic E-state index is 12.1. The lowest BCUT2D eigenvalue weighted by Gasteiger charge is -2.05. The van der Waals surface area contributed by atoms with Crippen LogP contribution in [0.15, 0.2) is 36.7 Å². The molecule has 1 heterocycles. The molecule has 20 heavy (non-hydrogen) atoms. The van der Waals surface area contributed by atoms with E-state index in [0.29, 0.717) is 5.56 Å². The Morgan fingerprint density at radius 1 is 1.35 bits per heavy atom. The molecule has 2 rings (SSSR count). The first kappa shape index (κ1) is 13.7. The molecule has 0 saturated heterocycles. The van der Waals surface area contributed by atoms with Crippen molar-refractivity contribution >= 4 is 11.9 Å². The number of benzene rings is 1. The number of aryl methyl sites for hydroxylation is 1. The van der Waals surface area contributed by atoms with Crippen LogP contribution in [0, 0.1) is 18.8 Å². The second-order valence-corrected chi connectivity index (χ2v) is 4.06. The fraction of sp³-hybridized carbons (Fsp3) is 0.133. The fourth-order valence-electron chi connectivity index (χ4n) is 1.58. The number of nitrogens with two attached hydrogens (primary N) is 1. The van der Waals surface area contributed by atoms with Crippen LogP contribution in [0.25, 0.3) is 0 Å². The molecule has 0 atom stereocenters. The summed E-state index contributed by atoms with van der Waals surface area (Å²) in [6.07, 6.45) is 3.13. The zero-order chi connectivity index (χ0) is 14.4. The Morgan fingerprint density at radius 2 is 2.10 bits per heavy atom. The predicted octanol–water partition coefficient (Wildman–Crippen LogP) is 1.35. The van der Waals surface area contributed by atoms with E-state index in [1.165, 1.54) is 0 Å². The van der Waals surface area contributed by atoms with Crippen molar-refractivity contribution < 1.29 is 4.79 Å². The highest BCUT2D eigenvalue weighted by molar-refractivity contribution is 6.03. The first-order chi connectivity index (χ1) is 9.70. The van der Waals surface area contributed by atoms with E-state index < -0.39 is 0 Å². The molecule has 1 aromatic carbocycles. The summed E-state index contributed by atoms with van der Waals surface area (Å²) in [5.41, 5.74) is 7.65. The highest BCUT2D eigenvalue weighted by Crippen LogP contribution is 2.11. The van der Waals surface area contributed by atoms with Crippen LogP contribution in [0.2, 0.25) is 0 Å². The Labute approximate surface area is 117 Å². The van der Waals surface area contributed by atoms with Crippen LogP contribution < -0.4 is 11.1 Å². The average molecular weight is 266 g/mol. The van der Waals surface area contributed by atoms with Gasteiger partial charge in [-0.15, -0.1) is 0 Å². The minimum atomic E-state index is -0.271. The quantitative estimate of drug-likeness (QED) is 0.804. The summed E-state index contributed by atoms with van der Waals surface area (Å²) in [4.78, 5) is 20.0. The van der Waals surface area contributed by atoms with Gasteiger partial charge in [-0.2, -0.15) is 0 Å². The molecular formula is C15H14N4O. The van der Waals surface area contributed by atoms with Gasteiger partial charge in [-0.1, -0.05) is 17.9 Å². The standard InChI is InChI=1S/C15H14N4O/c1-11-5-6-13(10-12(11)4-2-7-16)14(20)19-15-17-8-3-9-18-15/h3,5-6,8-10H,7,16H2,1H3,(H,17,18,19,20). The van der Waals surface area contributed by atoms with Crippen molar-refractivity contribution in [2.24, 2.45) is 5.73 Å². The highest BCUT2D eigenvalue weighted by Gasteiger charge is 2.08. The van der Waals surface area contributed by atoms with Gasteiger partial charge in [0.25, 0.3) is 5.91 Å². The number of amides is 1. The van der Waals surface area contributed by atoms with Crippen molar-refractivity contribution in [1.82, 2.24) is 9.97 Å². The molecule has 5 heteroatoms. The third kappa shape index (κ3) is 3.40. The van der Waals surface area contributed by atoms with E-state index in [-0.39, 0.29) is 18.4 Å². The van der Waals surface area contributed by atoms with Crippen LogP contribution in [0.1, 0.15) is 21.5 Å². The maximum absolute atomic E-state index is 12.1. The molecule has 1 aromatic heterocycles. The molecule has 0 aliphatic carbocycles. The van der Waals surface area contributed by atoms with E-state index in [0.717, 1.165) is 11.1 Å². The molecule has 0 spiro atoms. The minimum absolute atomic E-state index is 0.271. The van der Waals surface area contributed by atoms with Crippen LogP contribution >= 0.6 is 0 Å². The van der Waals surface area contributed by atoms with Crippen LogP contribution in [0.4, 0.5) is 5.95 Å². The summed E-state index contributed by atoms with van der Waals surface area (Å²) in [5.74, 6) is 5.73. The van der Waals surface area contributed by atoms with E-state index in [1.807, 2.05) is 13.0 Å².